The number of carboxylic acid groups (broad SMARTS) is 2. The third-order valence-corrected chi connectivity index (χ3v) is 1.57. The number of hydrogen-bond donors (Lipinski definition) is 2. The van der Waals surface area contributed by atoms with Gasteiger partial charge in [-0.25, -0.2) is 9.59 Å². The standard InChI is InChI=1S/C7H5NO4.C2HF3O2/c9-7(10)5-1-3-6(4-2-5)8(11)12;3-2(4,5)1(6)7/h1-4H,(H,9,10);(H,6,7). The minimum Gasteiger partial charge on any atom is -0.478 e. The predicted octanol–water partition coefficient (Wildman–Crippen LogP) is 1.93. The third-order valence-electron chi connectivity index (χ3n) is 1.57. The maximum Gasteiger partial charge on any atom is 0.490 e. The fourth-order valence-electron chi connectivity index (χ4n) is 0.726. The van der Waals surface area contributed by atoms with Crippen molar-refractivity contribution >= 4 is 17.6 Å². The van der Waals surface area contributed by atoms with Crippen LogP contribution in [-0.2, 0) is 4.79 Å². The number of aliphatic carboxylic acids is 1. The lowest BCUT2D eigenvalue weighted by molar-refractivity contribution is -0.384. The lowest BCUT2D eigenvalue weighted by Gasteiger charge is -1.93. The lowest BCUT2D eigenvalue weighted by Crippen LogP contribution is -2.21. The predicted molar refractivity (Wildman–Crippen MR) is 53.7 cm³/mol. The Labute approximate surface area is 103 Å². The van der Waals surface area contributed by atoms with Crippen molar-refractivity contribution < 1.29 is 37.9 Å². The van der Waals surface area contributed by atoms with Crippen molar-refractivity contribution in [2.75, 3.05) is 0 Å². The number of non-ortho nitro benzene ring substituents is 1. The molecule has 0 radical (unpaired) electrons. The molecule has 10 heteroatoms. The summed E-state index contributed by atoms with van der Waals surface area (Å²) in [6.45, 7) is 0. The van der Waals surface area contributed by atoms with Gasteiger partial charge in [0.25, 0.3) is 5.69 Å². The van der Waals surface area contributed by atoms with E-state index in [2.05, 4.69) is 0 Å². The van der Waals surface area contributed by atoms with E-state index in [-0.39, 0.29) is 11.3 Å². The maximum atomic E-state index is 10.6. The number of aromatic carboxylic acids is 1. The molecule has 2 N–H and O–H groups in total. The highest BCUT2D eigenvalue weighted by molar-refractivity contribution is 5.87. The molecule has 0 aliphatic rings. The first-order valence-corrected chi connectivity index (χ1v) is 4.33. The summed E-state index contributed by atoms with van der Waals surface area (Å²) in [6.07, 6.45) is -5.08. The normalized spacial score (nSPS) is 10.1. The van der Waals surface area contributed by atoms with Crippen molar-refractivity contribution in [2.24, 2.45) is 0 Å². The van der Waals surface area contributed by atoms with Gasteiger partial charge in [0.15, 0.2) is 0 Å². The summed E-state index contributed by atoms with van der Waals surface area (Å²) in [6, 6.07) is 4.70. The molecule has 0 heterocycles. The molecule has 0 aromatic heterocycles. The Morgan fingerprint density at radius 1 is 1.11 bits per heavy atom. The van der Waals surface area contributed by atoms with Gasteiger partial charge in [-0.15, -0.1) is 0 Å². The van der Waals surface area contributed by atoms with E-state index in [4.69, 9.17) is 15.0 Å². The Morgan fingerprint density at radius 3 is 1.68 bits per heavy atom. The molecule has 0 amide bonds. The first-order chi connectivity index (χ1) is 8.55. The Balaban J connectivity index is 0.000000399. The third kappa shape index (κ3) is 6.00. The summed E-state index contributed by atoms with van der Waals surface area (Å²) >= 11 is 0. The van der Waals surface area contributed by atoms with Crippen LogP contribution in [0.1, 0.15) is 10.4 Å². The second-order valence-electron chi connectivity index (χ2n) is 2.91. The van der Waals surface area contributed by atoms with Crippen molar-refractivity contribution in [3.63, 3.8) is 0 Å². The van der Waals surface area contributed by atoms with Crippen molar-refractivity contribution in [1.82, 2.24) is 0 Å². The monoisotopic (exact) mass is 281 g/mol. The molecule has 0 bridgehead atoms. The number of halogens is 3. The number of benzene rings is 1. The zero-order valence-corrected chi connectivity index (χ0v) is 8.92. The van der Waals surface area contributed by atoms with Gasteiger partial charge in [-0.05, 0) is 12.1 Å². The zero-order valence-electron chi connectivity index (χ0n) is 8.92. The van der Waals surface area contributed by atoms with E-state index in [0.717, 1.165) is 12.1 Å². The van der Waals surface area contributed by atoms with E-state index in [1.165, 1.54) is 12.1 Å². The highest BCUT2D eigenvalue weighted by Gasteiger charge is 2.38. The average Bonchev–Trinajstić information content (AvgIpc) is 2.28. The first-order valence-electron chi connectivity index (χ1n) is 4.33. The van der Waals surface area contributed by atoms with Gasteiger partial charge in [-0.2, -0.15) is 13.2 Å². The summed E-state index contributed by atoms with van der Waals surface area (Å²) < 4.78 is 31.7. The number of rotatable bonds is 2. The van der Waals surface area contributed by atoms with Gasteiger partial charge < -0.3 is 10.2 Å². The van der Waals surface area contributed by atoms with E-state index in [0.29, 0.717) is 0 Å². The van der Waals surface area contributed by atoms with Gasteiger partial charge in [0.2, 0.25) is 0 Å². The summed E-state index contributed by atoms with van der Waals surface area (Å²) in [5, 5.41) is 25.7. The second kappa shape index (κ2) is 6.33. The van der Waals surface area contributed by atoms with Gasteiger partial charge in [0, 0.05) is 12.1 Å². The largest absolute Gasteiger partial charge is 0.490 e. The molecular formula is C9H6F3NO6. The quantitative estimate of drug-likeness (QED) is 0.631. The van der Waals surface area contributed by atoms with Gasteiger partial charge >= 0.3 is 18.1 Å². The number of nitro groups is 1. The Kier molecular flexibility index (Phi) is 5.45. The molecule has 1 aromatic rings. The highest BCUT2D eigenvalue weighted by atomic mass is 19.4. The van der Waals surface area contributed by atoms with Gasteiger partial charge in [-0.1, -0.05) is 0 Å². The molecule has 0 atom stereocenters. The van der Waals surface area contributed by atoms with Crippen LogP contribution in [0.2, 0.25) is 0 Å². The van der Waals surface area contributed by atoms with E-state index in [1.54, 1.807) is 0 Å². The molecule has 0 unspecified atom stereocenters. The molecule has 19 heavy (non-hydrogen) atoms. The van der Waals surface area contributed by atoms with Crippen molar-refractivity contribution in [1.29, 1.82) is 0 Å². The van der Waals surface area contributed by atoms with E-state index < -0.39 is 23.0 Å². The fourth-order valence-corrected chi connectivity index (χ4v) is 0.726. The number of hydrogen-bond acceptors (Lipinski definition) is 4. The van der Waals surface area contributed by atoms with Crippen LogP contribution in [0, 0.1) is 10.1 Å². The zero-order chi connectivity index (χ0) is 15.2. The SMILES string of the molecule is O=C(O)C(F)(F)F.O=C(O)c1ccc([N+](=O)[O-])cc1. The fraction of sp³-hybridized carbons (Fsp3) is 0.111. The van der Waals surface area contributed by atoms with Crippen LogP contribution in [0.5, 0.6) is 0 Å². The highest BCUT2D eigenvalue weighted by Crippen LogP contribution is 2.13. The minimum atomic E-state index is -5.08. The molecule has 0 fully saturated rings. The van der Waals surface area contributed by atoms with Gasteiger partial charge in [0.05, 0.1) is 10.5 Å². The van der Waals surface area contributed by atoms with Crippen LogP contribution in [0.15, 0.2) is 24.3 Å². The van der Waals surface area contributed by atoms with Crippen LogP contribution in [-0.4, -0.2) is 33.3 Å². The number of carboxylic acids is 2. The van der Waals surface area contributed by atoms with Crippen molar-refractivity contribution in [2.45, 2.75) is 6.18 Å². The number of nitrogens with zero attached hydrogens (tertiary/aromatic N) is 1. The molecule has 1 rings (SSSR count). The Bertz CT molecular complexity index is 449. The van der Waals surface area contributed by atoms with Crippen molar-refractivity contribution in [3.05, 3.63) is 39.9 Å². The molecule has 104 valence electrons. The molecule has 7 nitrogen and oxygen atoms in total. The summed E-state index contributed by atoms with van der Waals surface area (Å²) in [5.74, 6) is -3.85. The first kappa shape index (κ1) is 16.4. The van der Waals surface area contributed by atoms with Crippen molar-refractivity contribution in [3.8, 4) is 0 Å². The van der Waals surface area contributed by atoms with Crippen LogP contribution < -0.4 is 0 Å². The van der Waals surface area contributed by atoms with E-state index in [1.807, 2.05) is 0 Å². The molecule has 0 saturated heterocycles. The van der Waals surface area contributed by atoms with Crippen LogP contribution >= 0.6 is 0 Å². The van der Waals surface area contributed by atoms with Crippen LogP contribution in [0.4, 0.5) is 18.9 Å². The van der Waals surface area contributed by atoms with E-state index >= 15 is 0 Å². The molecule has 0 saturated carbocycles. The summed E-state index contributed by atoms with van der Waals surface area (Å²) in [4.78, 5) is 28.8. The smallest absolute Gasteiger partial charge is 0.478 e. The molecule has 0 aliphatic carbocycles. The number of alkyl halides is 3. The topological polar surface area (TPSA) is 118 Å². The average molecular weight is 281 g/mol. The van der Waals surface area contributed by atoms with Gasteiger partial charge in [0.1, 0.15) is 0 Å². The minimum absolute atomic E-state index is 0.0422. The van der Waals surface area contributed by atoms with Crippen LogP contribution in [0.25, 0.3) is 0 Å². The van der Waals surface area contributed by atoms with Gasteiger partial charge in [-0.3, -0.25) is 10.1 Å². The van der Waals surface area contributed by atoms with E-state index in [9.17, 15) is 28.1 Å². The molecular weight excluding hydrogens is 275 g/mol. The van der Waals surface area contributed by atoms with Crippen LogP contribution in [0.3, 0.4) is 0 Å². The Morgan fingerprint density at radius 2 is 1.47 bits per heavy atom. The second-order valence-corrected chi connectivity index (χ2v) is 2.91. The molecule has 1 aromatic carbocycles. The Hall–Kier alpha value is -2.65. The number of nitro benzene ring substituents is 1. The molecule has 0 spiro atoms. The number of carbonyl (C=O) groups is 2. The summed E-state index contributed by atoms with van der Waals surface area (Å²) in [7, 11) is 0. The summed E-state index contributed by atoms with van der Waals surface area (Å²) in [5.41, 5.74) is -0.0689. The lowest BCUT2D eigenvalue weighted by atomic mass is 10.2. The molecule has 0 aliphatic heterocycles. The maximum absolute atomic E-state index is 10.6.